The molecule has 6 nitrogen and oxygen atoms in total. The van der Waals surface area contributed by atoms with E-state index in [1.165, 1.54) is 12.1 Å². The van der Waals surface area contributed by atoms with Crippen molar-refractivity contribution < 1.29 is 13.2 Å². The minimum absolute atomic E-state index is 0.220. The number of amides is 2. The second kappa shape index (κ2) is 7.10. The highest BCUT2D eigenvalue weighted by Gasteiger charge is 2.26. The van der Waals surface area contributed by atoms with Crippen molar-refractivity contribution in [1.29, 1.82) is 0 Å². The van der Waals surface area contributed by atoms with E-state index in [4.69, 9.17) is 5.73 Å². The van der Waals surface area contributed by atoms with Crippen molar-refractivity contribution in [3.8, 4) is 0 Å². The number of rotatable bonds is 7. The Hall–Kier alpha value is -1.60. The Kier molecular flexibility index (Phi) is 5.78. The molecule has 0 radical (unpaired) electrons. The molecule has 7 heteroatoms. The van der Waals surface area contributed by atoms with E-state index in [2.05, 4.69) is 4.72 Å². The molecule has 19 heavy (non-hydrogen) atoms. The van der Waals surface area contributed by atoms with Crippen LogP contribution in [0.25, 0.3) is 0 Å². The normalized spacial score (nSPS) is 11.2. The first-order chi connectivity index (χ1) is 8.99. The number of primary amides is 1. The zero-order valence-corrected chi connectivity index (χ0v) is 11.7. The summed E-state index contributed by atoms with van der Waals surface area (Å²) in [5.41, 5.74) is 5.37. The first-order valence-electron chi connectivity index (χ1n) is 6.13. The largest absolute Gasteiger partial charge is 0.350 e. The van der Waals surface area contributed by atoms with Crippen LogP contribution in [0.3, 0.4) is 0 Å². The lowest BCUT2D eigenvalue weighted by atomic mass is 10.3. The van der Waals surface area contributed by atoms with E-state index in [9.17, 15) is 13.2 Å². The summed E-state index contributed by atoms with van der Waals surface area (Å²) in [6.07, 6.45) is 2.63. The number of hydrogen-bond donors (Lipinski definition) is 2. The molecule has 0 saturated carbocycles. The van der Waals surface area contributed by atoms with Gasteiger partial charge in [0, 0.05) is 6.54 Å². The molecule has 2 amide bonds. The van der Waals surface area contributed by atoms with Crippen LogP contribution in [-0.2, 0) is 10.2 Å². The lowest BCUT2D eigenvalue weighted by Crippen LogP contribution is -2.47. The Labute approximate surface area is 113 Å². The summed E-state index contributed by atoms with van der Waals surface area (Å²) in [4.78, 5) is 11.4. The van der Waals surface area contributed by atoms with Gasteiger partial charge in [-0.25, -0.2) is 4.79 Å². The second-order valence-electron chi connectivity index (χ2n) is 4.04. The van der Waals surface area contributed by atoms with Crippen molar-refractivity contribution in [3.05, 3.63) is 30.3 Å². The summed E-state index contributed by atoms with van der Waals surface area (Å²) < 4.78 is 27.0. The summed E-state index contributed by atoms with van der Waals surface area (Å²) >= 11 is 0. The SMILES string of the molecule is CCCCCNS(=O)(=O)N(C(N)=O)c1ccccc1. The van der Waals surface area contributed by atoms with Gasteiger partial charge in [0.2, 0.25) is 0 Å². The van der Waals surface area contributed by atoms with Crippen LogP contribution in [0.4, 0.5) is 10.5 Å². The molecule has 0 aliphatic carbocycles. The van der Waals surface area contributed by atoms with E-state index in [0.29, 0.717) is 4.31 Å². The number of hydrogen-bond acceptors (Lipinski definition) is 3. The lowest BCUT2D eigenvalue weighted by molar-refractivity contribution is 0.257. The van der Waals surface area contributed by atoms with E-state index < -0.39 is 16.2 Å². The Morgan fingerprint density at radius 1 is 1.26 bits per heavy atom. The van der Waals surface area contributed by atoms with E-state index in [1.54, 1.807) is 18.2 Å². The quantitative estimate of drug-likeness (QED) is 0.745. The number of nitrogens with zero attached hydrogens (tertiary/aromatic N) is 1. The standard InChI is InChI=1S/C12H19N3O3S/c1-2-3-7-10-14-19(17,18)15(12(13)16)11-8-5-4-6-9-11/h4-6,8-9,14H,2-3,7,10H2,1H3,(H2,13,16). The topological polar surface area (TPSA) is 92.5 Å². The lowest BCUT2D eigenvalue weighted by Gasteiger charge is -2.20. The number of benzene rings is 1. The molecule has 0 unspecified atom stereocenters. The average Bonchev–Trinajstić information content (AvgIpc) is 2.35. The first kappa shape index (κ1) is 15.5. The maximum atomic E-state index is 12.0. The molecule has 1 rings (SSSR count). The van der Waals surface area contributed by atoms with E-state index in [1.807, 2.05) is 6.92 Å². The van der Waals surface area contributed by atoms with Crippen molar-refractivity contribution in [2.24, 2.45) is 5.73 Å². The second-order valence-corrected chi connectivity index (χ2v) is 5.65. The van der Waals surface area contributed by atoms with Gasteiger partial charge in [-0.15, -0.1) is 0 Å². The van der Waals surface area contributed by atoms with Crippen molar-refractivity contribution >= 4 is 21.9 Å². The van der Waals surface area contributed by atoms with Crippen LogP contribution < -0.4 is 14.8 Å². The zero-order valence-electron chi connectivity index (χ0n) is 10.9. The maximum Gasteiger partial charge on any atom is 0.334 e. The van der Waals surface area contributed by atoms with Gasteiger partial charge in [-0.1, -0.05) is 38.0 Å². The Balaban J connectivity index is 2.84. The van der Waals surface area contributed by atoms with Crippen LogP contribution in [0.1, 0.15) is 26.2 Å². The highest BCUT2D eigenvalue weighted by Crippen LogP contribution is 2.16. The number of anilines is 1. The van der Waals surface area contributed by atoms with Crippen LogP contribution in [0, 0.1) is 0 Å². The highest BCUT2D eigenvalue weighted by atomic mass is 32.2. The summed E-state index contributed by atoms with van der Waals surface area (Å²) in [6.45, 7) is 2.31. The van der Waals surface area contributed by atoms with Gasteiger partial charge >= 0.3 is 16.2 Å². The molecule has 1 aromatic carbocycles. The molecule has 0 aliphatic rings. The van der Waals surface area contributed by atoms with E-state index in [-0.39, 0.29) is 12.2 Å². The smallest absolute Gasteiger partial charge is 0.334 e. The molecule has 0 aliphatic heterocycles. The van der Waals surface area contributed by atoms with Crippen molar-refractivity contribution in [3.63, 3.8) is 0 Å². The minimum atomic E-state index is -3.95. The molecule has 0 bridgehead atoms. The molecular formula is C12H19N3O3S. The highest BCUT2D eigenvalue weighted by molar-refractivity contribution is 7.91. The van der Waals surface area contributed by atoms with Gasteiger partial charge in [-0.2, -0.15) is 17.4 Å². The predicted molar refractivity (Wildman–Crippen MR) is 75.0 cm³/mol. The van der Waals surface area contributed by atoms with Crippen molar-refractivity contribution in [1.82, 2.24) is 4.72 Å². The molecule has 0 heterocycles. The van der Waals surface area contributed by atoms with Crippen molar-refractivity contribution in [2.75, 3.05) is 10.8 Å². The number of nitrogens with one attached hydrogen (secondary N) is 1. The van der Waals surface area contributed by atoms with Crippen LogP contribution in [-0.4, -0.2) is 21.0 Å². The number of para-hydroxylation sites is 1. The minimum Gasteiger partial charge on any atom is -0.350 e. The predicted octanol–water partition coefficient (Wildman–Crippen LogP) is 1.60. The van der Waals surface area contributed by atoms with Gasteiger partial charge in [-0.3, -0.25) is 0 Å². The molecule has 106 valence electrons. The van der Waals surface area contributed by atoms with Gasteiger partial charge in [0.05, 0.1) is 5.69 Å². The van der Waals surface area contributed by atoms with Gasteiger partial charge in [-0.05, 0) is 18.6 Å². The fourth-order valence-electron chi connectivity index (χ4n) is 1.59. The first-order valence-corrected chi connectivity index (χ1v) is 7.57. The number of carbonyl (C=O) groups excluding carboxylic acids is 1. The Bertz CT molecular complexity index is 502. The third kappa shape index (κ3) is 4.53. The summed E-state index contributed by atoms with van der Waals surface area (Å²) in [5, 5.41) is 0. The molecule has 0 atom stereocenters. The van der Waals surface area contributed by atoms with Crippen molar-refractivity contribution in [2.45, 2.75) is 26.2 Å². The molecule has 1 aromatic rings. The van der Waals surface area contributed by atoms with E-state index in [0.717, 1.165) is 19.3 Å². The molecule has 0 fully saturated rings. The Morgan fingerprint density at radius 3 is 2.42 bits per heavy atom. The fraction of sp³-hybridized carbons (Fsp3) is 0.417. The van der Waals surface area contributed by atoms with E-state index >= 15 is 0 Å². The summed E-state index contributed by atoms with van der Waals surface area (Å²) in [5.74, 6) is 0. The van der Waals surface area contributed by atoms with Gasteiger partial charge in [0.15, 0.2) is 0 Å². The van der Waals surface area contributed by atoms with Gasteiger partial charge < -0.3 is 5.73 Å². The van der Waals surface area contributed by atoms with Crippen LogP contribution in [0.2, 0.25) is 0 Å². The Morgan fingerprint density at radius 2 is 1.89 bits per heavy atom. The molecule has 0 spiro atoms. The fourth-order valence-corrected chi connectivity index (χ4v) is 2.76. The summed E-state index contributed by atoms with van der Waals surface area (Å²) in [6, 6.07) is 6.99. The third-order valence-corrected chi connectivity index (χ3v) is 3.94. The van der Waals surface area contributed by atoms with Crippen LogP contribution >= 0.6 is 0 Å². The molecule has 3 N–H and O–H groups in total. The summed E-state index contributed by atoms with van der Waals surface area (Å²) in [7, 11) is -3.95. The monoisotopic (exact) mass is 285 g/mol. The molecule has 0 saturated heterocycles. The zero-order chi connectivity index (χ0) is 14.3. The molecule has 0 aromatic heterocycles. The van der Waals surface area contributed by atoms with Gasteiger partial charge in [0.1, 0.15) is 0 Å². The maximum absolute atomic E-state index is 12.0. The number of urea groups is 1. The molecular weight excluding hydrogens is 266 g/mol. The van der Waals surface area contributed by atoms with Crippen LogP contribution in [0.15, 0.2) is 30.3 Å². The van der Waals surface area contributed by atoms with Gasteiger partial charge in [0.25, 0.3) is 0 Å². The average molecular weight is 285 g/mol. The van der Waals surface area contributed by atoms with Crippen LogP contribution in [0.5, 0.6) is 0 Å². The third-order valence-electron chi connectivity index (χ3n) is 2.50. The number of carbonyl (C=O) groups is 1. The number of unbranched alkanes of at least 4 members (excludes halogenated alkanes) is 2. The number of nitrogens with two attached hydrogens (primary N) is 1.